The van der Waals surface area contributed by atoms with Crippen LogP contribution in [0.15, 0.2) is 22.8 Å². The number of aromatic nitrogens is 1. The molecule has 21 heavy (non-hydrogen) atoms. The SMILES string of the molecule is Cc1sc(-c2ccco2)nc1C(=O)N1CCCC(C)(O)C1. The highest BCUT2D eigenvalue weighted by atomic mass is 32.1. The lowest BCUT2D eigenvalue weighted by Crippen LogP contribution is -2.48. The van der Waals surface area contributed by atoms with E-state index in [0.29, 0.717) is 29.6 Å². The summed E-state index contributed by atoms with van der Waals surface area (Å²) < 4.78 is 5.33. The summed E-state index contributed by atoms with van der Waals surface area (Å²) in [6.07, 6.45) is 3.13. The maximum Gasteiger partial charge on any atom is 0.273 e. The van der Waals surface area contributed by atoms with Crippen molar-refractivity contribution in [1.29, 1.82) is 0 Å². The highest BCUT2D eigenvalue weighted by Crippen LogP contribution is 2.29. The molecule has 1 amide bonds. The average Bonchev–Trinajstić information content (AvgIpc) is 3.05. The molecule has 5 nitrogen and oxygen atoms in total. The molecule has 0 aromatic carbocycles. The molecule has 1 fully saturated rings. The lowest BCUT2D eigenvalue weighted by Gasteiger charge is -2.36. The van der Waals surface area contributed by atoms with Crippen LogP contribution in [0.4, 0.5) is 0 Å². The maximum atomic E-state index is 12.6. The van der Waals surface area contributed by atoms with Crippen LogP contribution in [0.1, 0.15) is 35.1 Å². The summed E-state index contributed by atoms with van der Waals surface area (Å²) in [6, 6.07) is 3.63. The molecule has 0 aliphatic carbocycles. The number of hydrogen-bond donors (Lipinski definition) is 1. The van der Waals surface area contributed by atoms with E-state index in [1.165, 1.54) is 11.3 Å². The summed E-state index contributed by atoms with van der Waals surface area (Å²) >= 11 is 1.45. The Morgan fingerprint density at radius 1 is 1.57 bits per heavy atom. The van der Waals surface area contributed by atoms with E-state index >= 15 is 0 Å². The summed E-state index contributed by atoms with van der Waals surface area (Å²) in [6.45, 7) is 4.69. The lowest BCUT2D eigenvalue weighted by atomic mass is 9.95. The molecule has 0 saturated carbocycles. The predicted octanol–water partition coefficient (Wildman–Crippen LogP) is 2.70. The van der Waals surface area contributed by atoms with Crippen LogP contribution >= 0.6 is 11.3 Å². The van der Waals surface area contributed by atoms with Crippen LogP contribution in [0.25, 0.3) is 10.8 Å². The number of hydrogen-bond acceptors (Lipinski definition) is 5. The van der Waals surface area contributed by atoms with E-state index in [0.717, 1.165) is 17.7 Å². The van der Waals surface area contributed by atoms with Crippen LogP contribution in [-0.2, 0) is 0 Å². The molecule has 1 aliphatic rings. The molecule has 1 atom stereocenters. The molecule has 1 aliphatic heterocycles. The van der Waals surface area contributed by atoms with Crippen LogP contribution in [0.3, 0.4) is 0 Å². The maximum absolute atomic E-state index is 12.6. The number of thiazole rings is 1. The number of nitrogens with zero attached hydrogens (tertiary/aromatic N) is 2. The van der Waals surface area contributed by atoms with Crippen LogP contribution < -0.4 is 0 Å². The molecule has 3 heterocycles. The molecule has 0 radical (unpaired) electrons. The Bertz CT molecular complexity index is 646. The van der Waals surface area contributed by atoms with Crippen molar-refractivity contribution in [3.05, 3.63) is 29.0 Å². The monoisotopic (exact) mass is 306 g/mol. The fourth-order valence-corrected chi connectivity index (χ4v) is 3.52. The molecule has 2 aromatic rings. The van der Waals surface area contributed by atoms with Crippen molar-refractivity contribution in [3.63, 3.8) is 0 Å². The van der Waals surface area contributed by atoms with E-state index in [9.17, 15) is 9.90 Å². The van der Waals surface area contributed by atoms with Gasteiger partial charge in [-0.1, -0.05) is 0 Å². The van der Waals surface area contributed by atoms with Crippen LogP contribution in [-0.4, -0.2) is 39.6 Å². The Hall–Kier alpha value is -1.66. The van der Waals surface area contributed by atoms with Crippen molar-refractivity contribution in [2.45, 2.75) is 32.3 Å². The fourth-order valence-electron chi connectivity index (χ4n) is 2.64. The first-order valence-electron chi connectivity index (χ1n) is 6.99. The average molecular weight is 306 g/mol. The molecular weight excluding hydrogens is 288 g/mol. The van der Waals surface area contributed by atoms with Gasteiger partial charge in [-0.05, 0) is 38.8 Å². The largest absolute Gasteiger partial charge is 0.462 e. The van der Waals surface area contributed by atoms with Gasteiger partial charge in [-0.3, -0.25) is 4.79 Å². The van der Waals surface area contributed by atoms with E-state index < -0.39 is 5.60 Å². The Kier molecular flexibility index (Phi) is 3.59. The molecule has 3 rings (SSSR count). The highest BCUT2D eigenvalue weighted by molar-refractivity contribution is 7.15. The quantitative estimate of drug-likeness (QED) is 0.926. The van der Waals surface area contributed by atoms with Crippen molar-refractivity contribution in [2.75, 3.05) is 13.1 Å². The Morgan fingerprint density at radius 3 is 3.05 bits per heavy atom. The molecule has 0 bridgehead atoms. The number of likely N-dealkylation sites (tertiary alicyclic amines) is 1. The van der Waals surface area contributed by atoms with E-state index in [4.69, 9.17) is 4.42 Å². The minimum Gasteiger partial charge on any atom is -0.462 e. The molecule has 2 aromatic heterocycles. The van der Waals surface area contributed by atoms with Gasteiger partial charge in [0.05, 0.1) is 11.9 Å². The number of aryl methyl sites for hydroxylation is 1. The number of aliphatic hydroxyl groups is 1. The van der Waals surface area contributed by atoms with Crippen molar-refractivity contribution in [2.24, 2.45) is 0 Å². The van der Waals surface area contributed by atoms with E-state index in [1.54, 1.807) is 24.2 Å². The zero-order chi connectivity index (χ0) is 15.0. The van der Waals surface area contributed by atoms with Gasteiger partial charge in [-0.25, -0.2) is 4.98 Å². The summed E-state index contributed by atoms with van der Waals surface area (Å²) in [5.74, 6) is 0.564. The number of β-amino-alcohol motifs (C(OH)–C–C–N with tert-alkyl or cyclic N) is 1. The molecule has 0 spiro atoms. The van der Waals surface area contributed by atoms with Crippen LogP contribution in [0, 0.1) is 6.92 Å². The van der Waals surface area contributed by atoms with Crippen molar-refractivity contribution in [3.8, 4) is 10.8 Å². The molecule has 1 saturated heterocycles. The molecule has 112 valence electrons. The number of carbonyl (C=O) groups is 1. The summed E-state index contributed by atoms with van der Waals surface area (Å²) in [7, 11) is 0. The number of piperidine rings is 1. The minimum absolute atomic E-state index is 0.110. The topological polar surface area (TPSA) is 66.6 Å². The normalized spacial score (nSPS) is 22.5. The molecular formula is C15H18N2O3S. The van der Waals surface area contributed by atoms with Gasteiger partial charge in [-0.15, -0.1) is 11.3 Å². The lowest BCUT2D eigenvalue weighted by molar-refractivity contribution is -0.0109. The Labute approximate surface area is 127 Å². The first-order chi connectivity index (χ1) is 9.96. The smallest absolute Gasteiger partial charge is 0.273 e. The summed E-state index contributed by atoms with van der Waals surface area (Å²) in [5, 5.41) is 10.9. The van der Waals surface area contributed by atoms with Crippen molar-refractivity contribution < 1.29 is 14.3 Å². The van der Waals surface area contributed by atoms with Gasteiger partial charge in [0, 0.05) is 18.0 Å². The molecule has 6 heteroatoms. The third-order valence-corrected chi connectivity index (χ3v) is 4.68. The standard InChI is InChI=1S/C15H18N2O3S/c1-10-12(16-13(21-10)11-5-3-8-20-11)14(18)17-7-4-6-15(2,19)9-17/h3,5,8,19H,4,6-7,9H2,1-2H3. The van der Waals surface area contributed by atoms with Crippen molar-refractivity contribution in [1.82, 2.24) is 9.88 Å². The van der Waals surface area contributed by atoms with Gasteiger partial charge in [0.1, 0.15) is 5.69 Å². The second-order valence-corrected chi connectivity index (χ2v) is 6.93. The van der Waals surface area contributed by atoms with Crippen LogP contribution in [0.5, 0.6) is 0 Å². The number of carbonyl (C=O) groups excluding carboxylic acids is 1. The van der Waals surface area contributed by atoms with E-state index in [-0.39, 0.29) is 5.91 Å². The van der Waals surface area contributed by atoms with Gasteiger partial charge in [-0.2, -0.15) is 0 Å². The molecule has 1 unspecified atom stereocenters. The third-order valence-electron chi connectivity index (χ3n) is 3.69. The minimum atomic E-state index is -0.804. The van der Waals surface area contributed by atoms with Gasteiger partial charge >= 0.3 is 0 Å². The predicted molar refractivity (Wildman–Crippen MR) is 80.3 cm³/mol. The highest BCUT2D eigenvalue weighted by Gasteiger charge is 2.33. The second kappa shape index (κ2) is 5.27. The van der Waals surface area contributed by atoms with Gasteiger partial charge in [0.25, 0.3) is 5.91 Å². The number of furan rings is 1. The summed E-state index contributed by atoms with van der Waals surface area (Å²) in [4.78, 5) is 19.6. The Morgan fingerprint density at radius 2 is 2.38 bits per heavy atom. The zero-order valence-electron chi connectivity index (χ0n) is 12.1. The van der Waals surface area contributed by atoms with Crippen LogP contribution in [0.2, 0.25) is 0 Å². The zero-order valence-corrected chi connectivity index (χ0v) is 12.9. The van der Waals surface area contributed by atoms with Gasteiger partial charge in [0.2, 0.25) is 0 Å². The molecule has 1 N–H and O–H groups in total. The second-order valence-electron chi connectivity index (χ2n) is 5.73. The Balaban J connectivity index is 1.85. The van der Waals surface area contributed by atoms with Gasteiger partial charge in [0.15, 0.2) is 10.8 Å². The summed E-state index contributed by atoms with van der Waals surface area (Å²) in [5.41, 5.74) is -0.342. The van der Waals surface area contributed by atoms with Crippen molar-refractivity contribution >= 4 is 17.2 Å². The fraction of sp³-hybridized carbons (Fsp3) is 0.467. The van der Waals surface area contributed by atoms with E-state index in [1.807, 2.05) is 13.0 Å². The third kappa shape index (κ3) is 2.87. The number of rotatable bonds is 2. The van der Waals surface area contributed by atoms with Gasteiger partial charge < -0.3 is 14.4 Å². The van der Waals surface area contributed by atoms with E-state index in [2.05, 4.69) is 4.98 Å². The number of amides is 1. The first-order valence-corrected chi connectivity index (χ1v) is 7.81. The first kappa shape index (κ1) is 14.3.